The summed E-state index contributed by atoms with van der Waals surface area (Å²) in [5.41, 5.74) is 9.66. The van der Waals surface area contributed by atoms with Crippen molar-refractivity contribution in [3.63, 3.8) is 0 Å². The minimum atomic E-state index is 1.17. The summed E-state index contributed by atoms with van der Waals surface area (Å²) in [7, 11) is 0. The Morgan fingerprint density at radius 3 is 1.21 bits per heavy atom. The maximum Gasteiger partial charge on any atom is 0.0555 e. The molecular formula is C48H28N2S2. The number of benzene rings is 8. The number of nitrogens with zero attached hydrogens (tertiary/aromatic N) is 2. The summed E-state index contributed by atoms with van der Waals surface area (Å²) in [4.78, 5) is 0. The van der Waals surface area contributed by atoms with Gasteiger partial charge in [0.1, 0.15) is 0 Å². The number of thiophene rings is 2. The van der Waals surface area contributed by atoms with Gasteiger partial charge in [0.15, 0.2) is 0 Å². The van der Waals surface area contributed by atoms with Gasteiger partial charge in [-0.2, -0.15) is 0 Å². The van der Waals surface area contributed by atoms with E-state index in [1.165, 1.54) is 106 Å². The Bertz CT molecular complexity index is 3190. The molecule has 2 nitrogen and oxygen atoms in total. The number of rotatable bonds is 3. The fourth-order valence-corrected chi connectivity index (χ4v) is 11.2. The van der Waals surface area contributed by atoms with Crippen molar-refractivity contribution in [2.45, 2.75) is 0 Å². The van der Waals surface area contributed by atoms with Crippen LogP contribution in [0.25, 0.3) is 106 Å². The third-order valence-corrected chi connectivity index (χ3v) is 13.3. The van der Waals surface area contributed by atoms with Gasteiger partial charge < -0.3 is 9.13 Å². The lowest BCUT2D eigenvalue weighted by Gasteiger charge is -2.13. The van der Waals surface area contributed by atoms with Gasteiger partial charge in [-0.25, -0.2) is 0 Å². The molecule has 0 amide bonds. The fourth-order valence-electron chi connectivity index (χ4n) is 8.68. The predicted molar refractivity (Wildman–Crippen MR) is 226 cm³/mol. The van der Waals surface area contributed by atoms with Crippen LogP contribution in [0.5, 0.6) is 0 Å². The van der Waals surface area contributed by atoms with Crippen LogP contribution in [-0.2, 0) is 0 Å². The highest BCUT2D eigenvalue weighted by Gasteiger charge is 2.19. The molecule has 0 unspecified atom stereocenters. The molecule has 0 bridgehead atoms. The van der Waals surface area contributed by atoms with Gasteiger partial charge in [0, 0.05) is 73.3 Å². The van der Waals surface area contributed by atoms with Crippen molar-refractivity contribution in [2.75, 3.05) is 0 Å². The highest BCUT2D eigenvalue weighted by Crippen LogP contribution is 2.45. The van der Waals surface area contributed by atoms with E-state index in [1.54, 1.807) is 0 Å². The number of hydrogen-bond acceptors (Lipinski definition) is 2. The Balaban J connectivity index is 1.05. The summed E-state index contributed by atoms with van der Waals surface area (Å²) < 4.78 is 10.3. The molecule has 0 radical (unpaired) electrons. The predicted octanol–water partition coefficient (Wildman–Crippen LogP) is 14.3. The van der Waals surface area contributed by atoms with Crippen LogP contribution in [0.3, 0.4) is 0 Å². The van der Waals surface area contributed by atoms with Crippen molar-refractivity contribution < 1.29 is 0 Å². The van der Waals surface area contributed by atoms with Gasteiger partial charge in [-0.15, -0.1) is 22.7 Å². The first kappa shape index (κ1) is 28.5. The summed E-state index contributed by atoms with van der Waals surface area (Å²) in [5, 5.41) is 10.6. The van der Waals surface area contributed by atoms with Gasteiger partial charge in [-0.05, 0) is 71.8 Å². The van der Waals surface area contributed by atoms with E-state index >= 15 is 0 Å². The van der Waals surface area contributed by atoms with Gasteiger partial charge >= 0.3 is 0 Å². The molecule has 0 aliphatic carbocycles. The summed E-state index contributed by atoms with van der Waals surface area (Å²) in [6.07, 6.45) is 0. The molecule has 12 rings (SSSR count). The van der Waals surface area contributed by atoms with Crippen molar-refractivity contribution in [3.05, 3.63) is 170 Å². The molecule has 0 saturated heterocycles. The Hall–Kier alpha value is -6.20. The summed E-state index contributed by atoms with van der Waals surface area (Å²) in [5.74, 6) is 0. The van der Waals surface area contributed by atoms with E-state index in [0.717, 1.165) is 0 Å². The molecule has 0 fully saturated rings. The lowest BCUT2D eigenvalue weighted by atomic mass is 10.0. The van der Waals surface area contributed by atoms with E-state index < -0.39 is 0 Å². The molecular weight excluding hydrogens is 669 g/mol. The number of para-hydroxylation sites is 2. The third kappa shape index (κ3) is 3.88. The fraction of sp³-hybridized carbons (Fsp3) is 0. The van der Waals surface area contributed by atoms with Crippen LogP contribution in [0.15, 0.2) is 170 Å². The number of aromatic nitrogens is 2. The van der Waals surface area contributed by atoms with Crippen LogP contribution in [0.2, 0.25) is 0 Å². The molecule has 12 aromatic rings. The van der Waals surface area contributed by atoms with Crippen molar-refractivity contribution in [2.24, 2.45) is 0 Å². The monoisotopic (exact) mass is 696 g/mol. The molecule has 0 N–H and O–H groups in total. The maximum atomic E-state index is 2.45. The van der Waals surface area contributed by atoms with Crippen LogP contribution < -0.4 is 0 Å². The molecule has 0 saturated carbocycles. The van der Waals surface area contributed by atoms with E-state index in [9.17, 15) is 0 Å². The van der Waals surface area contributed by atoms with Gasteiger partial charge in [-0.1, -0.05) is 109 Å². The van der Waals surface area contributed by atoms with Crippen LogP contribution in [0, 0.1) is 0 Å². The summed E-state index contributed by atoms with van der Waals surface area (Å²) in [6, 6.07) is 62.7. The van der Waals surface area contributed by atoms with Gasteiger partial charge in [0.2, 0.25) is 0 Å². The van der Waals surface area contributed by atoms with Crippen molar-refractivity contribution in [3.8, 4) is 22.5 Å². The Morgan fingerprint density at radius 1 is 0.308 bits per heavy atom. The topological polar surface area (TPSA) is 9.86 Å². The number of hydrogen-bond donors (Lipinski definition) is 0. The van der Waals surface area contributed by atoms with E-state index in [0.29, 0.717) is 0 Å². The second-order valence-electron chi connectivity index (χ2n) is 13.7. The lowest BCUT2D eigenvalue weighted by Crippen LogP contribution is -1.96. The standard InChI is InChI=1S/C48H28N2S2/c1-5-19-39-37(17-1)45-41(25-23-35-33-15-3-7-21-43(33)51-47(35)45)49(39)31-13-9-11-29(27-31)30-12-10-14-32(28-30)50-40-20-6-2-18-38(40)46-42(50)26-24-36-34-16-4-8-22-44(34)52-48(36)46/h1-28H. The molecule has 8 aromatic carbocycles. The maximum absolute atomic E-state index is 2.45. The van der Waals surface area contributed by atoms with Crippen molar-refractivity contribution >= 4 is 107 Å². The van der Waals surface area contributed by atoms with Crippen LogP contribution in [0.1, 0.15) is 0 Å². The largest absolute Gasteiger partial charge is 0.309 e. The Morgan fingerprint density at radius 2 is 0.731 bits per heavy atom. The first-order chi connectivity index (χ1) is 25.8. The minimum absolute atomic E-state index is 1.17. The highest BCUT2D eigenvalue weighted by atomic mass is 32.1. The molecule has 4 aromatic heterocycles. The molecule has 4 heteroatoms. The summed E-state index contributed by atoms with van der Waals surface area (Å²) >= 11 is 3.80. The smallest absolute Gasteiger partial charge is 0.0555 e. The zero-order valence-electron chi connectivity index (χ0n) is 27.9. The highest BCUT2D eigenvalue weighted by molar-refractivity contribution is 7.27. The normalized spacial score (nSPS) is 12.2. The summed E-state index contributed by atoms with van der Waals surface area (Å²) in [6.45, 7) is 0. The van der Waals surface area contributed by atoms with Gasteiger partial charge in [-0.3, -0.25) is 0 Å². The minimum Gasteiger partial charge on any atom is -0.309 e. The van der Waals surface area contributed by atoms with Crippen molar-refractivity contribution in [1.82, 2.24) is 9.13 Å². The second kappa shape index (κ2) is 10.7. The molecule has 0 atom stereocenters. The second-order valence-corrected chi connectivity index (χ2v) is 15.8. The molecule has 0 spiro atoms. The first-order valence-electron chi connectivity index (χ1n) is 17.7. The lowest BCUT2D eigenvalue weighted by molar-refractivity contribution is 1.18. The zero-order chi connectivity index (χ0) is 33.9. The van der Waals surface area contributed by atoms with Crippen LogP contribution in [-0.4, -0.2) is 9.13 Å². The Kier molecular flexibility index (Phi) is 5.84. The SMILES string of the molecule is c1cc(-c2cccc(-n3c4ccccc4c4c5sc6ccccc6c5ccc43)c2)cc(-n2c3ccccc3c3c4sc5ccccc5c4ccc32)c1. The Labute approximate surface area is 306 Å². The third-order valence-electron chi connectivity index (χ3n) is 10.9. The van der Waals surface area contributed by atoms with E-state index in [-0.39, 0.29) is 0 Å². The molecule has 52 heavy (non-hydrogen) atoms. The van der Waals surface area contributed by atoms with Crippen molar-refractivity contribution in [1.29, 1.82) is 0 Å². The van der Waals surface area contributed by atoms with E-state index in [1.807, 2.05) is 22.7 Å². The molecule has 4 heterocycles. The number of fused-ring (bicyclic) bond motifs is 14. The molecule has 0 aliphatic rings. The molecule has 0 aliphatic heterocycles. The van der Waals surface area contributed by atoms with E-state index in [4.69, 9.17) is 0 Å². The average molecular weight is 697 g/mol. The molecule has 242 valence electrons. The quantitative estimate of drug-likeness (QED) is 0.174. The van der Waals surface area contributed by atoms with Crippen LogP contribution >= 0.6 is 22.7 Å². The average Bonchev–Trinajstić information content (AvgIpc) is 3.95. The van der Waals surface area contributed by atoms with Crippen LogP contribution in [0.4, 0.5) is 0 Å². The first-order valence-corrected chi connectivity index (χ1v) is 19.3. The van der Waals surface area contributed by atoms with E-state index in [2.05, 4.69) is 179 Å². The zero-order valence-corrected chi connectivity index (χ0v) is 29.5. The van der Waals surface area contributed by atoms with Gasteiger partial charge in [0.05, 0.1) is 22.1 Å². The van der Waals surface area contributed by atoms with Gasteiger partial charge in [0.25, 0.3) is 0 Å².